The van der Waals surface area contributed by atoms with Crippen LogP contribution < -0.4 is 10.6 Å². The second-order valence-corrected chi connectivity index (χ2v) is 6.03. The van der Waals surface area contributed by atoms with E-state index < -0.39 is 0 Å². The topological polar surface area (TPSA) is 41.1 Å². The molecule has 3 rings (SSSR count). The molecule has 23 heavy (non-hydrogen) atoms. The highest BCUT2D eigenvalue weighted by molar-refractivity contribution is 7.07. The van der Waals surface area contributed by atoms with Gasteiger partial charge in [0.25, 0.3) is 0 Å². The predicted molar refractivity (Wildman–Crippen MR) is 97.4 cm³/mol. The number of anilines is 3. The molecule has 2 N–H and O–H groups in total. The minimum Gasteiger partial charge on any atom is -0.356 e. The van der Waals surface area contributed by atoms with Gasteiger partial charge in [-0.05, 0) is 65.2 Å². The Bertz CT molecular complexity index is 737. The van der Waals surface area contributed by atoms with Crippen LogP contribution in [0.2, 0.25) is 0 Å². The fraction of sp³-hybridized carbons (Fsp3) is 0.105. The Labute approximate surface area is 140 Å². The van der Waals surface area contributed by atoms with Gasteiger partial charge in [0.1, 0.15) is 0 Å². The highest BCUT2D eigenvalue weighted by Crippen LogP contribution is 2.19. The van der Waals surface area contributed by atoms with E-state index in [2.05, 4.69) is 22.1 Å². The normalized spacial score (nSPS) is 10.3. The molecule has 0 atom stereocenters. The van der Waals surface area contributed by atoms with Crippen molar-refractivity contribution in [3.8, 4) is 0 Å². The van der Waals surface area contributed by atoms with E-state index in [9.17, 15) is 4.79 Å². The number of thiophene rings is 1. The Hall–Kier alpha value is -2.59. The zero-order valence-corrected chi connectivity index (χ0v) is 13.5. The number of rotatable bonds is 6. The summed E-state index contributed by atoms with van der Waals surface area (Å²) in [5, 5.41) is 10.4. The van der Waals surface area contributed by atoms with Crippen LogP contribution in [0, 0.1) is 0 Å². The minimum atomic E-state index is 0.0416. The van der Waals surface area contributed by atoms with Crippen molar-refractivity contribution >= 4 is 34.3 Å². The van der Waals surface area contributed by atoms with Gasteiger partial charge in [0.15, 0.2) is 0 Å². The van der Waals surface area contributed by atoms with Gasteiger partial charge in [0.2, 0.25) is 5.91 Å². The smallest absolute Gasteiger partial charge is 0.224 e. The minimum absolute atomic E-state index is 0.0416. The Balaban J connectivity index is 1.51. The molecule has 0 aliphatic carbocycles. The van der Waals surface area contributed by atoms with Crippen molar-refractivity contribution in [3.05, 3.63) is 77.0 Å². The molecule has 2 aromatic carbocycles. The number of carbonyl (C=O) groups is 1. The highest BCUT2D eigenvalue weighted by Gasteiger charge is 2.04. The Kier molecular flexibility index (Phi) is 5.06. The van der Waals surface area contributed by atoms with Gasteiger partial charge >= 0.3 is 0 Å². The summed E-state index contributed by atoms with van der Waals surface area (Å²) < 4.78 is 0. The molecule has 0 spiro atoms. The molecule has 0 fully saturated rings. The lowest BCUT2D eigenvalue weighted by Crippen LogP contribution is -2.12. The SMILES string of the molecule is O=C(CCc1ccsc1)Nc1ccc(Nc2ccccc2)cc1. The molecular weight excluding hydrogens is 304 g/mol. The molecule has 0 saturated heterocycles. The van der Waals surface area contributed by atoms with E-state index in [1.54, 1.807) is 11.3 Å². The summed E-state index contributed by atoms with van der Waals surface area (Å²) in [6.07, 6.45) is 1.28. The second-order valence-electron chi connectivity index (χ2n) is 5.25. The molecule has 0 radical (unpaired) electrons. The standard InChI is InChI=1S/C19H18N2OS/c22-19(11-6-15-12-13-23-14-15)21-18-9-7-17(8-10-18)20-16-4-2-1-3-5-16/h1-5,7-10,12-14,20H,6,11H2,(H,21,22). The van der Waals surface area contributed by atoms with Crippen molar-refractivity contribution in [1.82, 2.24) is 0 Å². The van der Waals surface area contributed by atoms with Gasteiger partial charge in [-0.3, -0.25) is 4.79 Å². The van der Waals surface area contributed by atoms with Crippen molar-refractivity contribution in [2.45, 2.75) is 12.8 Å². The van der Waals surface area contributed by atoms with Crippen molar-refractivity contribution in [2.75, 3.05) is 10.6 Å². The quantitative estimate of drug-likeness (QED) is 0.666. The maximum absolute atomic E-state index is 12.0. The van der Waals surface area contributed by atoms with Crippen LogP contribution >= 0.6 is 11.3 Å². The summed E-state index contributed by atoms with van der Waals surface area (Å²) >= 11 is 1.66. The molecule has 116 valence electrons. The van der Waals surface area contributed by atoms with Gasteiger partial charge in [0.05, 0.1) is 0 Å². The summed E-state index contributed by atoms with van der Waals surface area (Å²) in [6, 6.07) is 19.8. The number of aryl methyl sites for hydroxylation is 1. The lowest BCUT2D eigenvalue weighted by molar-refractivity contribution is -0.116. The number of hydrogen-bond donors (Lipinski definition) is 2. The van der Waals surface area contributed by atoms with E-state index in [0.717, 1.165) is 23.5 Å². The third-order valence-electron chi connectivity index (χ3n) is 3.45. The zero-order chi connectivity index (χ0) is 15.9. The lowest BCUT2D eigenvalue weighted by Gasteiger charge is -2.08. The van der Waals surface area contributed by atoms with Crippen LogP contribution in [-0.4, -0.2) is 5.91 Å². The predicted octanol–water partition coefficient (Wildman–Crippen LogP) is 5.06. The van der Waals surface area contributed by atoms with Crippen LogP contribution in [0.25, 0.3) is 0 Å². The van der Waals surface area contributed by atoms with Gasteiger partial charge in [-0.1, -0.05) is 18.2 Å². The molecule has 0 aliphatic rings. The van der Waals surface area contributed by atoms with Gasteiger partial charge < -0.3 is 10.6 Å². The third kappa shape index (κ3) is 4.69. The maximum atomic E-state index is 12.0. The van der Waals surface area contributed by atoms with Crippen LogP contribution in [-0.2, 0) is 11.2 Å². The highest BCUT2D eigenvalue weighted by atomic mass is 32.1. The summed E-state index contributed by atoms with van der Waals surface area (Å²) in [7, 11) is 0. The first-order valence-corrected chi connectivity index (χ1v) is 8.47. The molecule has 0 bridgehead atoms. The van der Waals surface area contributed by atoms with Gasteiger partial charge in [-0.2, -0.15) is 11.3 Å². The van der Waals surface area contributed by atoms with E-state index in [1.165, 1.54) is 5.56 Å². The summed E-state index contributed by atoms with van der Waals surface area (Å²) in [5.74, 6) is 0.0416. The average molecular weight is 322 g/mol. The van der Waals surface area contributed by atoms with Crippen molar-refractivity contribution in [3.63, 3.8) is 0 Å². The summed E-state index contributed by atoms with van der Waals surface area (Å²) in [5.41, 5.74) is 4.07. The second kappa shape index (κ2) is 7.61. The summed E-state index contributed by atoms with van der Waals surface area (Å²) in [4.78, 5) is 12.0. The Morgan fingerprint density at radius 2 is 1.57 bits per heavy atom. The Morgan fingerprint density at radius 3 is 2.26 bits per heavy atom. The van der Waals surface area contributed by atoms with Crippen LogP contribution in [0.4, 0.5) is 17.1 Å². The van der Waals surface area contributed by atoms with Gasteiger partial charge in [-0.15, -0.1) is 0 Å². The maximum Gasteiger partial charge on any atom is 0.224 e. The van der Waals surface area contributed by atoms with E-state index in [1.807, 2.05) is 60.0 Å². The average Bonchev–Trinajstić information content (AvgIpc) is 3.09. The molecule has 1 heterocycles. The summed E-state index contributed by atoms with van der Waals surface area (Å²) in [6.45, 7) is 0. The van der Waals surface area contributed by atoms with E-state index in [-0.39, 0.29) is 5.91 Å². The molecule has 0 saturated carbocycles. The molecular formula is C19H18N2OS. The van der Waals surface area contributed by atoms with Crippen LogP contribution in [0.15, 0.2) is 71.4 Å². The first-order valence-electron chi connectivity index (χ1n) is 7.53. The number of nitrogens with one attached hydrogen (secondary N) is 2. The lowest BCUT2D eigenvalue weighted by atomic mass is 10.2. The number of benzene rings is 2. The number of amides is 1. The van der Waals surface area contributed by atoms with Gasteiger partial charge in [-0.25, -0.2) is 0 Å². The molecule has 0 unspecified atom stereocenters. The fourth-order valence-corrected chi connectivity index (χ4v) is 2.94. The van der Waals surface area contributed by atoms with Crippen LogP contribution in [0.5, 0.6) is 0 Å². The zero-order valence-electron chi connectivity index (χ0n) is 12.7. The van der Waals surface area contributed by atoms with E-state index in [4.69, 9.17) is 0 Å². The van der Waals surface area contributed by atoms with Crippen molar-refractivity contribution in [2.24, 2.45) is 0 Å². The molecule has 0 aliphatic heterocycles. The van der Waals surface area contributed by atoms with Crippen LogP contribution in [0.3, 0.4) is 0 Å². The molecule has 1 amide bonds. The van der Waals surface area contributed by atoms with E-state index >= 15 is 0 Å². The largest absolute Gasteiger partial charge is 0.356 e. The first kappa shape index (κ1) is 15.3. The van der Waals surface area contributed by atoms with Gasteiger partial charge in [0, 0.05) is 23.5 Å². The van der Waals surface area contributed by atoms with E-state index in [0.29, 0.717) is 6.42 Å². The molecule has 1 aromatic heterocycles. The third-order valence-corrected chi connectivity index (χ3v) is 4.18. The number of carbonyl (C=O) groups excluding carboxylic acids is 1. The molecule has 3 aromatic rings. The molecule has 4 heteroatoms. The van der Waals surface area contributed by atoms with Crippen molar-refractivity contribution < 1.29 is 4.79 Å². The van der Waals surface area contributed by atoms with Crippen molar-refractivity contribution in [1.29, 1.82) is 0 Å². The van der Waals surface area contributed by atoms with Crippen LogP contribution in [0.1, 0.15) is 12.0 Å². The number of hydrogen-bond acceptors (Lipinski definition) is 3. The first-order chi connectivity index (χ1) is 11.3. The molecule has 3 nitrogen and oxygen atoms in total. The Morgan fingerprint density at radius 1 is 0.870 bits per heavy atom. The number of para-hydroxylation sites is 1. The fourth-order valence-electron chi connectivity index (χ4n) is 2.24. The monoisotopic (exact) mass is 322 g/mol.